The van der Waals surface area contributed by atoms with Gasteiger partial charge in [0.05, 0.1) is 18.1 Å². The van der Waals surface area contributed by atoms with Crippen molar-refractivity contribution in [3.05, 3.63) is 71.8 Å². The van der Waals surface area contributed by atoms with Gasteiger partial charge in [0, 0.05) is 24.2 Å². The van der Waals surface area contributed by atoms with E-state index in [4.69, 9.17) is 9.47 Å². The molecule has 0 radical (unpaired) electrons. The zero-order chi connectivity index (χ0) is 27.0. The lowest BCUT2D eigenvalue weighted by Gasteiger charge is -2.64. The van der Waals surface area contributed by atoms with Crippen molar-refractivity contribution in [2.75, 3.05) is 33.3 Å². The van der Waals surface area contributed by atoms with Crippen molar-refractivity contribution >= 4 is 0 Å². The second-order valence-electron chi connectivity index (χ2n) is 12.2. The summed E-state index contributed by atoms with van der Waals surface area (Å²) in [5.74, 6) is 1.71. The third-order valence-corrected chi connectivity index (χ3v) is 10.5. The Labute approximate surface area is 234 Å². The Kier molecular flexibility index (Phi) is 7.51. The number of benzene rings is 2. The van der Waals surface area contributed by atoms with E-state index in [1.165, 1.54) is 48.8 Å². The van der Waals surface area contributed by atoms with Gasteiger partial charge < -0.3 is 14.6 Å². The van der Waals surface area contributed by atoms with Crippen molar-refractivity contribution in [2.24, 2.45) is 0 Å². The van der Waals surface area contributed by atoms with Gasteiger partial charge in [-0.25, -0.2) is 0 Å². The first-order chi connectivity index (χ1) is 19.1. The van der Waals surface area contributed by atoms with E-state index in [1.807, 2.05) is 6.08 Å². The maximum atomic E-state index is 12.7. The first-order valence-electron chi connectivity index (χ1n) is 15.3. The fraction of sp³-hybridized carbons (Fsp3) is 0.588. The van der Waals surface area contributed by atoms with Gasteiger partial charge in [-0.3, -0.25) is 9.80 Å². The molecule has 2 aromatic rings. The van der Waals surface area contributed by atoms with Crippen molar-refractivity contribution in [3.8, 4) is 11.5 Å². The molecule has 1 spiro atoms. The Hall–Kier alpha value is -2.34. The number of likely N-dealkylation sites (N-methyl/N-ethyl adjacent to an activating group) is 1. The van der Waals surface area contributed by atoms with Gasteiger partial charge in [-0.2, -0.15) is 0 Å². The van der Waals surface area contributed by atoms with Gasteiger partial charge in [0.1, 0.15) is 6.10 Å². The highest BCUT2D eigenvalue weighted by Gasteiger charge is 2.73. The van der Waals surface area contributed by atoms with Crippen molar-refractivity contribution < 1.29 is 14.6 Å². The van der Waals surface area contributed by atoms with Crippen LogP contribution in [0.15, 0.2) is 55.1 Å². The molecule has 5 nitrogen and oxygen atoms in total. The lowest BCUT2D eigenvalue weighted by Crippen LogP contribution is -2.78. The molecule has 0 amide bonds. The summed E-state index contributed by atoms with van der Waals surface area (Å²) in [4.78, 5) is 5.13. The van der Waals surface area contributed by atoms with Gasteiger partial charge >= 0.3 is 0 Å². The van der Waals surface area contributed by atoms with Gasteiger partial charge in [-0.1, -0.05) is 62.2 Å². The highest BCUT2D eigenvalue weighted by atomic mass is 16.5. The standard InChI is InChI=1S/C34H46N2O3/c1-4-21-36-23-20-33-30-26-16-17-28(38-3)31(30)39-32(33)27(18-19-34(33,37)29(36)24-26)35(5-2)22-12-7-6-9-13-25-14-10-8-11-15-25/h4,8,10-11,14-17,27,29,32,37H,1,5-7,9,12-13,18-24H2,2-3H3/t27-,29+,32-,33-,34+/m0/s1. The van der Waals surface area contributed by atoms with E-state index in [1.54, 1.807) is 7.11 Å². The number of aryl methyl sites for hydroxylation is 1. The quantitative estimate of drug-likeness (QED) is 0.289. The Morgan fingerprint density at radius 1 is 1.13 bits per heavy atom. The van der Waals surface area contributed by atoms with Crippen LogP contribution in [0.1, 0.15) is 68.6 Å². The molecule has 2 fully saturated rings. The lowest BCUT2D eigenvalue weighted by molar-refractivity contribution is -0.198. The molecule has 2 aromatic carbocycles. The molecular weight excluding hydrogens is 484 g/mol. The normalized spacial score (nSPS) is 30.6. The lowest BCUT2D eigenvalue weighted by atomic mass is 9.48. The molecule has 0 unspecified atom stereocenters. The number of nitrogens with zero attached hydrogens (tertiary/aromatic N) is 2. The molecule has 5 atom stereocenters. The average molecular weight is 531 g/mol. The number of unbranched alkanes of at least 4 members (excludes halogenated alkanes) is 3. The van der Waals surface area contributed by atoms with Crippen LogP contribution in [-0.4, -0.2) is 72.0 Å². The van der Waals surface area contributed by atoms with E-state index in [2.05, 4.69) is 65.8 Å². The van der Waals surface area contributed by atoms with Gasteiger partial charge in [0.15, 0.2) is 11.5 Å². The number of hydrogen-bond donors (Lipinski definition) is 1. The minimum absolute atomic E-state index is 0.0481. The summed E-state index contributed by atoms with van der Waals surface area (Å²) in [5.41, 5.74) is 2.86. The predicted molar refractivity (Wildman–Crippen MR) is 157 cm³/mol. The molecule has 6 rings (SSSR count). The van der Waals surface area contributed by atoms with Crippen molar-refractivity contribution in [2.45, 2.75) is 93.9 Å². The molecule has 2 aliphatic heterocycles. The van der Waals surface area contributed by atoms with Crippen LogP contribution in [0.5, 0.6) is 11.5 Å². The minimum atomic E-state index is -0.795. The maximum Gasteiger partial charge on any atom is 0.165 e. The van der Waals surface area contributed by atoms with Crippen LogP contribution in [0, 0.1) is 0 Å². The van der Waals surface area contributed by atoms with Crippen LogP contribution in [-0.2, 0) is 18.3 Å². The summed E-state index contributed by atoms with van der Waals surface area (Å²) in [6.07, 6.45) is 11.7. The number of hydrogen-bond acceptors (Lipinski definition) is 5. The van der Waals surface area contributed by atoms with E-state index in [0.29, 0.717) is 6.04 Å². The average Bonchev–Trinajstić information content (AvgIpc) is 3.31. The SMILES string of the molecule is C=CCN1CC[C@]23c4c5ccc(OC)c4O[C@H]2[C@@H](N(CC)CCCCCCc2ccccc2)CC[C@@]3(O)[C@H]1C5. The van der Waals surface area contributed by atoms with E-state index in [0.717, 1.165) is 63.4 Å². The molecular formula is C34H46N2O3. The maximum absolute atomic E-state index is 12.7. The molecule has 2 heterocycles. The number of aliphatic hydroxyl groups is 1. The van der Waals surface area contributed by atoms with Gasteiger partial charge in [-0.15, -0.1) is 6.58 Å². The minimum Gasteiger partial charge on any atom is -0.493 e. The summed E-state index contributed by atoms with van der Waals surface area (Å²) in [5, 5.41) is 12.7. The van der Waals surface area contributed by atoms with Gasteiger partial charge in [0.2, 0.25) is 0 Å². The number of ether oxygens (including phenoxy) is 2. The van der Waals surface area contributed by atoms with Crippen molar-refractivity contribution in [3.63, 3.8) is 0 Å². The van der Waals surface area contributed by atoms with Crippen LogP contribution < -0.4 is 9.47 Å². The van der Waals surface area contributed by atoms with E-state index in [-0.39, 0.29) is 17.6 Å². The zero-order valence-corrected chi connectivity index (χ0v) is 23.9. The first kappa shape index (κ1) is 26.9. The molecule has 1 saturated heterocycles. The van der Waals surface area contributed by atoms with E-state index in [9.17, 15) is 5.11 Å². The topological polar surface area (TPSA) is 45.2 Å². The second-order valence-corrected chi connectivity index (χ2v) is 12.2. The molecule has 5 heteroatoms. The number of piperidine rings is 1. The summed E-state index contributed by atoms with van der Waals surface area (Å²) in [6, 6.07) is 15.5. The fourth-order valence-corrected chi connectivity index (χ4v) is 8.71. The third-order valence-electron chi connectivity index (χ3n) is 10.5. The molecule has 39 heavy (non-hydrogen) atoms. The largest absolute Gasteiger partial charge is 0.493 e. The zero-order valence-electron chi connectivity index (χ0n) is 23.9. The summed E-state index contributed by atoms with van der Waals surface area (Å²) >= 11 is 0. The van der Waals surface area contributed by atoms with Gasteiger partial charge in [-0.05, 0) is 81.8 Å². The Bertz CT molecular complexity index is 1170. The van der Waals surface area contributed by atoms with Crippen molar-refractivity contribution in [1.29, 1.82) is 0 Å². The van der Waals surface area contributed by atoms with Crippen LogP contribution in [0.25, 0.3) is 0 Å². The van der Waals surface area contributed by atoms with E-state index >= 15 is 0 Å². The van der Waals surface area contributed by atoms with E-state index < -0.39 is 5.60 Å². The van der Waals surface area contributed by atoms with Crippen molar-refractivity contribution in [1.82, 2.24) is 9.80 Å². The number of likely N-dealkylation sites (tertiary alicyclic amines) is 1. The Morgan fingerprint density at radius 2 is 1.95 bits per heavy atom. The number of rotatable bonds is 12. The van der Waals surface area contributed by atoms with Crippen LogP contribution >= 0.6 is 0 Å². The smallest absolute Gasteiger partial charge is 0.165 e. The Morgan fingerprint density at radius 3 is 2.72 bits per heavy atom. The first-order valence-corrected chi connectivity index (χ1v) is 15.3. The molecule has 0 aromatic heterocycles. The molecule has 1 N–H and O–H groups in total. The van der Waals surface area contributed by atoms with Gasteiger partial charge in [0.25, 0.3) is 0 Å². The predicted octanol–water partition coefficient (Wildman–Crippen LogP) is 5.53. The molecule has 2 aliphatic carbocycles. The second kappa shape index (κ2) is 10.9. The summed E-state index contributed by atoms with van der Waals surface area (Å²) in [7, 11) is 1.74. The fourth-order valence-electron chi connectivity index (χ4n) is 8.71. The monoisotopic (exact) mass is 530 g/mol. The summed E-state index contributed by atoms with van der Waals surface area (Å²) in [6.45, 7) is 10.2. The number of methoxy groups -OCH3 is 1. The molecule has 210 valence electrons. The Balaban J connectivity index is 1.21. The molecule has 1 saturated carbocycles. The van der Waals surface area contributed by atoms with Crippen LogP contribution in [0.4, 0.5) is 0 Å². The summed E-state index contributed by atoms with van der Waals surface area (Å²) < 4.78 is 12.8. The third kappa shape index (κ3) is 4.24. The van der Waals surface area contributed by atoms with Crippen LogP contribution in [0.2, 0.25) is 0 Å². The molecule has 2 bridgehead atoms. The van der Waals surface area contributed by atoms with Crippen LogP contribution in [0.3, 0.4) is 0 Å². The highest BCUT2D eigenvalue weighted by Crippen LogP contribution is 2.65. The molecule has 4 aliphatic rings. The highest BCUT2D eigenvalue weighted by molar-refractivity contribution is 5.63.